The molecule has 6 nitrogen and oxygen atoms in total. The third-order valence-electron chi connectivity index (χ3n) is 4.21. The topological polar surface area (TPSA) is 78.5 Å². The Bertz CT molecular complexity index is 733. The first-order valence-electron chi connectivity index (χ1n) is 8.33. The Hall–Kier alpha value is -2.58. The molecule has 0 bridgehead atoms. The number of hydrogen-bond donors (Lipinski definition) is 2. The highest BCUT2D eigenvalue weighted by Crippen LogP contribution is 2.28. The Labute approximate surface area is 148 Å². The summed E-state index contributed by atoms with van der Waals surface area (Å²) in [5, 5.41) is 4.68. The van der Waals surface area contributed by atoms with E-state index in [1.165, 1.54) is 0 Å². The number of amides is 4. The van der Waals surface area contributed by atoms with Crippen molar-refractivity contribution < 1.29 is 27.6 Å². The number of benzene rings is 1. The monoisotopic (exact) mass is 371 g/mol. The van der Waals surface area contributed by atoms with Gasteiger partial charge in [-0.3, -0.25) is 14.5 Å². The standard InChI is InChI=1S/C17H20F3N3O3/c1-3-7-17(8-4-2)15(25)23(16(26)22-17)9-12(24)21-11-6-5-10(18)13(19)14(11)20/h5-6H,3-4,7-9H2,1-2H3,(H,21,24)(H,22,26). The molecule has 1 fully saturated rings. The Morgan fingerprint density at radius 3 is 2.31 bits per heavy atom. The minimum absolute atomic E-state index is 0.432. The molecule has 4 amide bonds. The summed E-state index contributed by atoms with van der Waals surface area (Å²) in [6.07, 6.45) is 2.18. The summed E-state index contributed by atoms with van der Waals surface area (Å²) in [7, 11) is 0. The van der Waals surface area contributed by atoms with Crippen LogP contribution in [0.4, 0.5) is 23.7 Å². The maximum atomic E-state index is 13.6. The molecule has 2 N–H and O–H groups in total. The molecule has 0 aromatic heterocycles. The zero-order chi connectivity index (χ0) is 19.5. The van der Waals surface area contributed by atoms with Crippen molar-refractivity contribution in [2.24, 2.45) is 0 Å². The van der Waals surface area contributed by atoms with Gasteiger partial charge in [0.1, 0.15) is 12.1 Å². The lowest BCUT2D eigenvalue weighted by Crippen LogP contribution is -2.47. The fraction of sp³-hybridized carbons (Fsp3) is 0.471. The van der Waals surface area contributed by atoms with Crippen LogP contribution >= 0.6 is 0 Å². The fourth-order valence-electron chi connectivity index (χ4n) is 3.09. The van der Waals surface area contributed by atoms with Gasteiger partial charge in [0, 0.05) is 0 Å². The average Bonchev–Trinajstić information content (AvgIpc) is 2.80. The highest BCUT2D eigenvalue weighted by molar-refractivity contribution is 6.10. The van der Waals surface area contributed by atoms with Crippen LogP contribution < -0.4 is 10.6 Å². The molecule has 0 radical (unpaired) electrons. The maximum absolute atomic E-state index is 13.6. The first-order chi connectivity index (χ1) is 12.3. The Kier molecular flexibility index (Phi) is 5.89. The number of carbonyl (C=O) groups excluding carboxylic acids is 3. The molecule has 1 aromatic carbocycles. The molecule has 1 aliphatic rings. The molecule has 142 valence electrons. The van der Waals surface area contributed by atoms with Gasteiger partial charge in [-0.15, -0.1) is 0 Å². The zero-order valence-corrected chi connectivity index (χ0v) is 14.5. The van der Waals surface area contributed by atoms with Crippen LogP contribution in [0.5, 0.6) is 0 Å². The SMILES string of the molecule is CCCC1(CCC)NC(=O)N(CC(=O)Nc2ccc(F)c(F)c2F)C1=O. The van der Waals surface area contributed by atoms with Crippen LogP contribution in [0, 0.1) is 17.5 Å². The van der Waals surface area contributed by atoms with Crippen molar-refractivity contribution in [3.8, 4) is 0 Å². The van der Waals surface area contributed by atoms with E-state index < -0.39 is 53.1 Å². The molecule has 1 aliphatic heterocycles. The van der Waals surface area contributed by atoms with E-state index in [4.69, 9.17) is 0 Å². The highest BCUT2D eigenvalue weighted by Gasteiger charge is 2.50. The van der Waals surface area contributed by atoms with Gasteiger partial charge in [-0.1, -0.05) is 26.7 Å². The molecule has 1 saturated heterocycles. The van der Waals surface area contributed by atoms with Gasteiger partial charge >= 0.3 is 6.03 Å². The second-order valence-corrected chi connectivity index (χ2v) is 6.17. The van der Waals surface area contributed by atoms with Gasteiger partial charge in [-0.25, -0.2) is 18.0 Å². The Balaban J connectivity index is 2.13. The zero-order valence-electron chi connectivity index (χ0n) is 14.5. The Morgan fingerprint density at radius 1 is 1.12 bits per heavy atom. The van der Waals surface area contributed by atoms with Crippen LogP contribution in [0.15, 0.2) is 12.1 Å². The van der Waals surface area contributed by atoms with Gasteiger partial charge in [-0.2, -0.15) is 0 Å². The van der Waals surface area contributed by atoms with E-state index in [-0.39, 0.29) is 0 Å². The van der Waals surface area contributed by atoms with Gasteiger partial charge in [0.2, 0.25) is 5.91 Å². The molecule has 0 saturated carbocycles. The normalized spacial score (nSPS) is 16.0. The van der Waals surface area contributed by atoms with E-state index in [9.17, 15) is 27.6 Å². The molecule has 9 heteroatoms. The van der Waals surface area contributed by atoms with Crippen LogP contribution in [0.25, 0.3) is 0 Å². The minimum Gasteiger partial charge on any atom is -0.323 e. The van der Waals surface area contributed by atoms with Crippen molar-refractivity contribution >= 4 is 23.5 Å². The third kappa shape index (κ3) is 3.66. The van der Waals surface area contributed by atoms with E-state index in [0.717, 1.165) is 11.0 Å². The highest BCUT2D eigenvalue weighted by atomic mass is 19.2. The molecule has 0 spiro atoms. The summed E-state index contributed by atoms with van der Waals surface area (Å²) in [6, 6.07) is 0.809. The van der Waals surface area contributed by atoms with Gasteiger partial charge in [0.25, 0.3) is 5.91 Å². The van der Waals surface area contributed by atoms with E-state index in [2.05, 4.69) is 5.32 Å². The number of hydrogen-bond acceptors (Lipinski definition) is 3. The molecule has 26 heavy (non-hydrogen) atoms. The lowest BCUT2D eigenvalue weighted by molar-refractivity contribution is -0.134. The Morgan fingerprint density at radius 2 is 1.73 bits per heavy atom. The molecule has 1 aromatic rings. The number of halogens is 3. The van der Waals surface area contributed by atoms with Crippen LogP contribution in [0.2, 0.25) is 0 Å². The van der Waals surface area contributed by atoms with Gasteiger partial charge in [0.15, 0.2) is 17.5 Å². The average molecular weight is 371 g/mol. The van der Waals surface area contributed by atoms with E-state index in [1.54, 1.807) is 0 Å². The first kappa shape index (κ1) is 19.7. The fourth-order valence-corrected chi connectivity index (χ4v) is 3.09. The molecule has 0 unspecified atom stereocenters. The minimum atomic E-state index is -1.72. The molecule has 2 rings (SSSR count). The van der Waals surface area contributed by atoms with Crippen molar-refractivity contribution in [2.45, 2.75) is 45.1 Å². The summed E-state index contributed by atoms with van der Waals surface area (Å²) in [6.45, 7) is 3.09. The summed E-state index contributed by atoms with van der Waals surface area (Å²) >= 11 is 0. The van der Waals surface area contributed by atoms with Crippen molar-refractivity contribution in [1.82, 2.24) is 10.2 Å². The van der Waals surface area contributed by atoms with E-state index >= 15 is 0 Å². The number of anilines is 1. The summed E-state index contributed by atoms with van der Waals surface area (Å²) in [4.78, 5) is 37.6. The van der Waals surface area contributed by atoms with Crippen LogP contribution in [-0.2, 0) is 9.59 Å². The largest absolute Gasteiger partial charge is 0.325 e. The van der Waals surface area contributed by atoms with Crippen LogP contribution in [0.3, 0.4) is 0 Å². The number of nitrogens with one attached hydrogen (secondary N) is 2. The van der Waals surface area contributed by atoms with Crippen molar-refractivity contribution in [3.05, 3.63) is 29.6 Å². The van der Waals surface area contributed by atoms with Crippen molar-refractivity contribution in [3.63, 3.8) is 0 Å². The summed E-state index contributed by atoms with van der Waals surface area (Å²) < 4.78 is 39.8. The van der Waals surface area contributed by atoms with E-state index in [0.29, 0.717) is 31.7 Å². The van der Waals surface area contributed by atoms with Crippen LogP contribution in [-0.4, -0.2) is 34.8 Å². The first-order valence-corrected chi connectivity index (χ1v) is 8.33. The predicted molar refractivity (Wildman–Crippen MR) is 87.7 cm³/mol. The van der Waals surface area contributed by atoms with Gasteiger partial charge < -0.3 is 10.6 Å². The van der Waals surface area contributed by atoms with Gasteiger partial charge in [0.05, 0.1) is 5.69 Å². The lowest BCUT2D eigenvalue weighted by Gasteiger charge is -2.25. The number of nitrogens with zero attached hydrogens (tertiary/aromatic N) is 1. The number of urea groups is 1. The molecular formula is C17H20F3N3O3. The third-order valence-corrected chi connectivity index (χ3v) is 4.21. The number of carbonyl (C=O) groups is 3. The maximum Gasteiger partial charge on any atom is 0.325 e. The van der Waals surface area contributed by atoms with E-state index in [1.807, 2.05) is 19.2 Å². The van der Waals surface area contributed by atoms with Crippen molar-refractivity contribution in [1.29, 1.82) is 0 Å². The molecule has 0 atom stereocenters. The second kappa shape index (κ2) is 7.76. The second-order valence-electron chi connectivity index (χ2n) is 6.17. The van der Waals surface area contributed by atoms with Crippen molar-refractivity contribution in [2.75, 3.05) is 11.9 Å². The molecular weight excluding hydrogens is 351 g/mol. The number of rotatable bonds is 7. The molecule has 1 heterocycles. The smallest absolute Gasteiger partial charge is 0.323 e. The van der Waals surface area contributed by atoms with Gasteiger partial charge in [-0.05, 0) is 25.0 Å². The summed E-state index contributed by atoms with van der Waals surface area (Å²) in [5.41, 5.74) is -1.62. The predicted octanol–water partition coefficient (Wildman–Crippen LogP) is 2.93. The number of imide groups is 1. The quantitative estimate of drug-likeness (QED) is 0.571. The summed E-state index contributed by atoms with van der Waals surface area (Å²) in [5.74, 6) is -6.09. The molecule has 0 aliphatic carbocycles. The van der Waals surface area contributed by atoms with Crippen LogP contribution in [0.1, 0.15) is 39.5 Å². The lowest BCUT2D eigenvalue weighted by atomic mass is 9.88.